The number of guanidine groups is 3. The Labute approximate surface area is 382 Å². The van der Waals surface area contributed by atoms with E-state index < -0.39 is 82.8 Å². The lowest BCUT2D eigenvalue weighted by molar-refractivity contribution is -0.136. The van der Waals surface area contributed by atoms with Crippen molar-refractivity contribution in [3.63, 3.8) is 0 Å². The minimum Gasteiger partial charge on any atom is -0.370 e. The summed E-state index contributed by atoms with van der Waals surface area (Å²) in [6.07, 6.45) is 3.54. The average molecular weight is 924 g/mol. The third kappa shape index (κ3) is 25.1. The highest BCUT2D eigenvalue weighted by Crippen LogP contribution is 2.21. The van der Waals surface area contributed by atoms with Crippen LogP contribution in [0, 0.1) is 35.5 Å². The lowest BCUT2D eigenvalue weighted by atomic mass is 9.86. The van der Waals surface area contributed by atoms with Crippen molar-refractivity contribution in [3.8, 4) is 0 Å². The second kappa shape index (κ2) is 31.5. The van der Waals surface area contributed by atoms with Gasteiger partial charge in [-0.2, -0.15) is 11.8 Å². The highest BCUT2D eigenvalue weighted by atomic mass is 32.2. The van der Waals surface area contributed by atoms with Gasteiger partial charge in [-0.1, -0.05) is 27.7 Å². The van der Waals surface area contributed by atoms with Crippen molar-refractivity contribution in [1.29, 1.82) is 0 Å². The summed E-state index contributed by atoms with van der Waals surface area (Å²) in [7, 11) is 0. The minimum absolute atomic E-state index is 0.0358. The maximum Gasteiger partial charge on any atom is 0.224 e. The quantitative estimate of drug-likeness (QED) is 0.0218. The van der Waals surface area contributed by atoms with Gasteiger partial charge >= 0.3 is 0 Å². The summed E-state index contributed by atoms with van der Waals surface area (Å²) >= 11 is 1.51. The van der Waals surface area contributed by atoms with Crippen molar-refractivity contribution < 1.29 is 38.4 Å². The van der Waals surface area contributed by atoms with Crippen LogP contribution in [0.25, 0.3) is 0 Å². The lowest BCUT2D eigenvalue weighted by Gasteiger charge is -2.26. The molecule has 0 aliphatic carbocycles. The fourth-order valence-electron chi connectivity index (χ4n) is 6.61. The molecule has 0 saturated heterocycles. The maximum atomic E-state index is 13.9. The van der Waals surface area contributed by atoms with Crippen LogP contribution in [0.2, 0.25) is 0 Å². The topological polar surface area (TPSA) is 392 Å². The van der Waals surface area contributed by atoms with Crippen molar-refractivity contribution in [1.82, 2.24) is 16.0 Å². The predicted octanol–water partition coefficient (Wildman–Crippen LogP) is -0.507. The third-order valence-corrected chi connectivity index (χ3v) is 11.5. The Bertz CT molecular complexity index is 1650. The van der Waals surface area contributed by atoms with Gasteiger partial charge in [-0.25, -0.2) is 0 Å². The van der Waals surface area contributed by atoms with Crippen LogP contribution in [0.1, 0.15) is 112 Å². The smallest absolute Gasteiger partial charge is 0.224 e. The molecule has 0 bridgehead atoms. The lowest BCUT2D eigenvalue weighted by Crippen LogP contribution is -2.48. The Morgan fingerprint density at radius 3 is 1.42 bits per heavy atom. The van der Waals surface area contributed by atoms with Crippen molar-refractivity contribution in [3.05, 3.63) is 0 Å². The number of nitrogens with one attached hydrogen (secondary N) is 3. The summed E-state index contributed by atoms with van der Waals surface area (Å²) in [5, 5.41) is 8.14. The van der Waals surface area contributed by atoms with Gasteiger partial charge in [-0.15, -0.1) is 0 Å². The monoisotopic (exact) mass is 924 g/mol. The van der Waals surface area contributed by atoms with Crippen molar-refractivity contribution >= 4 is 76.4 Å². The van der Waals surface area contributed by atoms with Crippen LogP contribution < -0.4 is 56.1 Å². The number of amides is 4. The van der Waals surface area contributed by atoms with Gasteiger partial charge in [0.05, 0.1) is 18.1 Å². The van der Waals surface area contributed by atoms with Gasteiger partial charge < -0.3 is 56.1 Å². The standard InChI is InChI=1S/C42H77N13O8S/c1-23(2)30(22-35(59)31(13-10-17-52-42(48)49)55-37(61)25(4)19-32(56)24(3)11-8-15-50-40(44)45)39(63)54-27(6)34(58)21-29(12-9-16-51-41(46)47)38(62)53-26(5)33(57)20-28(36(43)60)14-18-64-7/h23-31H,8-22H2,1-7H3,(H2,43,60)(H,53,62)(H,54,63)(H,55,61)(H4,44,45,50)(H4,46,47,51)(H4,48,49,52)/t24-,25+,26-,27-,28+,29+,30-,31-/m0/s1. The van der Waals surface area contributed by atoms with Crippen LogP contribution in [0.5, 0.6) is 0 Å². The zero-order valence-electron chi connectivity index (χ0n) is 38.9. The van der Waals surface area contributed by atoms with Crippen molar-refractivity contribution in [2.75, 3.05) is 31.6 Å². The van der Waals surface area contributed by atoms with E-state index in [1.165, 1.54) is 25.6 Å². The number of rotatable bonds is 35. The molecule has 0 aromatic rings. The number of primary amides is 1. The molecule has 64 heavy (non-hydrogen) atoms. The van der Waals surface area contributed by atoms with Gasteiger partial charge in [-0.05, 0) is 76.7 Å². The van der Waals surface area contributed by atoms with Crippen LogP contribution in [0.4, 0.5) is 0 Å². The van der Waals surface area contributed by atoms with E-state index in [0.717, 1.165) is 0 Å². The van der Waals surface area contributed by atoms with E-state index in [-0.39, 0.29) is 87.1 Å². The number of thioether (sulfide) groups is 1. The zero-order valence-corrected chi connectivity index (χ0v) is 39.7. The Morgan fingerprint density at radius 2 is 0.953 bits per heavy atom. The Morgan fingerprint density at radius 1 is 0.484 bits per heavy atom. The molecular weight excluding hydrogens is 847 g/mol. The molecule has 0 radical (unpaired) electrons. The first-order valence-electron chi connectivity index (χ1n) is 21.9. The van der Waals surface area contributed by atoms with Crippen LogP contribution in [-0.2, 0) is 38.4 Å². The number of nitrogens with zero attached hydrogens (tertiary/aromatic N) is 3. The molecule has 17 N–H and O–H groups in total. The second-order valence-corrected chi connectivity index (χ2v) is 17.8. The highest BCUT2D eigenvalue weighted by molar-refractivity contribution is 7.98. The minimum atomic E-state index is -1.08. The number of Topliss-reactive ketones (excluding diaryl/α,β-unsaturated/α-hetero) is 4. The molecular formula is C42H77N13O8S. The first-order chi connectivity index (χ1) is 29.9. The van der Waals surface area contributed by atoms with E-state index >= 15 is 0 Å². The SMILES string of the molecule is CSCC[C@H](CC(=O)[C@H](C)NC(=O)[C@H](CCCN=C(N)N)CC(=O)[C@H](C)NC(=O)[C@@H](CC(=O)[C@H](CCCN=C(N)N)NC(=O)[C@H](C)CC(=O)[C@@H](C)CCCN=C(N)N)C(C)C)C(N)=O. The number of carbonyl (C=O) groups excluding carboxylic acids is 8. The summed E-state index contributed by atoms with van der Waals surface area (Å²) in [6, 6.07) is -3.09. The van der Waals surface area contributed by atoms with Crippen LogP contribution in [0.3, 0.4) is 0 Å². The summed E-state index contributed by atoms with van der Waals surface area (Å²) < 4.78 is 0. The molecule has 0 aliphatic rings. The number of ketones is 4. The molecule has 0 heterocycles. The number of carbonyl (C=O) groups is 8. The summed E-state index contributed by atoms with van der Waals surface area (Å²) in [4.78, 5) is 118. The number of hydrogen-bond acceptors (Lipinski definition) is 12. The van der Waals surface area contributed by atoms with E-state index in [9.17, 15) is 38.4 Å². The van der Waals surface area contributed by atoms with Gasteiger partial charge in [0.2, 0.25) is 23.6 Å². The molecule has 0 aliphatic heterocycles. The Balaban J connectivity index is 5.98. The molecule has 22 heteroatoms. The Hall–Kier alpha value is -5.28. The maximum absolute atomic E-state index is 13.9. The third-order valence-electron chi connectivity index (χ3n) is 10.8. The van der Waals surface area contributed by atoms with Crippen molar-refractivity contribution in [2.24, 2.45) is 90.6 Å². The van der Waals surface area contributed by atoms with E-state index in [1.807, 2.05) is 6.26 Å². The van der Waals surface area contributed by atoms with E-state index in [0.29, 0.717) is 44.4 Å². The van der Waals surface area contributed by atoms with Gasteiger partial charge in [0, 0.05) is 74.9 Å². The molecule has 0 unspecified atom stereocenters. The number of nitrogens with two attached hydrogens (primary N) is 7. The fourth-order valence-corrected chi connectivity index (χ4v) is 7.13. The van der Waals surface area contributed by atoms with Crippen LogP contribution in [-0.4, -0.2) is 114 Å². The fraction of sp³-hybridized carbons (Fsp3) is 0.738. The number of aliphatic imine (C=N–C) groups is 3. The summed E-state index contributed by atoms with van der Waals surface area (Å²) in [5.41, 5.74) is 38.0. The molecule has 0 rings (SSSR count). The molecule has 8 atom stereocenters. The zero-order chi connectivity index (χ0) is 49.1. The first-order valence-corrected chi connectivity index (χ1v) is 23.3. The van der Waals surface area contributed by atoms with Gasteiger partial charge in [0.15, 0.2) is 35.2 Å². The van der Waals surface area contributed by atoms with Crippen LogP contribution >= 0.6 is 11.8 Å². The highest BCUT2D eigenvalue weighted by Gasteiger charge is 2.34. The van der Waals surface area contributed by atoms with E-state index in [1.54, 1.807) is 27.7 Å². The van der Waals surface area contributed by atoms with E-state index in [2.05, 4.69) is 30.9 Å². The van der Waals surface area contributed by atoms with Crippen LogP contribution in [0.15, 0.2) is 15.0 Å². The normalized spacial score (nSPS) is 14.8. The van der Waals surface area contributed by atoms with Gasteiger partial charge in [-0.3, -0.25) is 53.3 Å². The molecule has 0 aromatic carbocycles. The first kappa shape index (κ1) is 58.7. The molecule has 21 nitrogen and oxygen atoms in total. The number of hydrogen-bond donors (Lipinski definition) is 10. The summed E-state index contributed by atoms with van der Waals surface area (Å²) in [5.74, 6) is -7.42. The molecule has 0 spiro atoms. The average Bonchev–Trinajstić information content (AvgIpc) is 3.20. The van der Waals surface area contributed by atoms with E-state index in [4.69, 9.17) is 40.1 Å². The summed E-state index contributed by atoms with van der Waals surface area (Å²) in [6.45, 7) is 10.5. The molecule has 0 aromatic heterocycles. The second-order valence-electron chi connectivity index (χ2n) is 16.8. The predicted molar refractivity (Wildman–Crippen MR) is 251 cm³/mol. The largest absolute Gasteiger partial charge is 0.370 e. The Kier molecular flexibility index (Phi) is 28.9. The van der Waals surface area contributed by atoms with Gasteiger partial charge in [0.1, 0.15) is 5.78 Å². The molecule has 0 fully saturated rings. The molecule has 4 amide bonds. The van der Waals surface area contributed by atoms with Gasteiger partial charge in [0.25, 0.3) is 0 Å². The van der Waals surface area contributed by atoms with Crippen molar-refractivity contribution in [2.45, 2.75) is 130 Å². The molecule has 364 valence electrons. The molecule has 0 saturated carbocycles.